The normalized spacial score (nSPS) is 13.6. The lowest BCUT2D eigenvalue weighted by Gasteiger charge is -2.23. The molecule has 3 aromatic heterocycles. The lowest BCUT2D eigenvalue weighted by Crippen LogP contribution is -2.26. The molecule has 0 aliphatic heterocycles. The van der Waals surface area contributed by atoms with Crippen molar-refractivity contribution in [2.75, 3.05) is 23.8 Å². The molecular formula is C32H36N8O3. The van der Waals surface area contributed by atoms with E-state index >= 15 is 0 Å². The number of carbonyl (C=O) groups excluding carboxylic acids is 1. The van der Waals surface area contributed by atoms with Gasteiger partial charge in [0.2, 0.25) is 5.95 Å². The molecule has 4 N–H and O–H groups in total. The summed E-state index contributed by atoms with van der Waals surface area (Å²) in [6.07, 6.45) is 8.35. The van der Waals surface area contributed by atoms with Crippen LogP contribution < -0.4 is 20.7 Å². The molecule has 1 amide bonds. The van der Waals surface area contributed by atoms with Gasteiger partial charge in [0.1, 0.15) is 16.8 Å². The molecule has 0 unspecified atom stereocenters. The standard InChI is InChI=1S/C32H36N8O3/c1-20-18-24(42-17-9-16-33-31(41)26-21(2)40-43-28(26)22-10-5-3-6-11-22)14-15-25(20)37-32-38-29-27(34-19-35-29)30(39-32)36-23-12-7-4-8-13-23/h3,5-6,10-11,14-15,18-19,23H,4,7-9,12-13,16-17H2,1-2H3,(H,33,41)(H3,34,35,36,37,38,39). The summed E-state index contributed by atoms with van der Waals surface area (Å²) >= 11 is 0. The highest BCUT2D eigenvalue weighted by Crippen LogP contribution is 2.28. The van der Waals surface area contributed by atoms with Crippen LogP contribution in [0.4, 0.5) is 17.5 Å². The van der Waals surface area contributed by atoms with Gasteiger partial charge in [-0.25, -0.2) is 4.98 Å². The van der Waals surface area contributed by atoms with E-state index in [1.54, 1.807) is 13.3 Å². The Bertz CT molecular complexity index is 1690. The Morgan fingerprint density at radius 2 is 1.91 bits per heavy atom. The van der Waals surface area contributed by atoms with Crippen LogP contribution in [-0.2, 0) is 0 Å². The first-order chi connectivity index (χ1) is 21.0. The molecule has 222 valence electrons. The second-order valence-electron chi connectivity index (χ2n) is 10.9. The van der Waals surface area contributed by atoms with Gasteiger partial charge in [-0.3, -0.25) is 4.79 Å². The van der Waals surface area contributed by atoms with Crippen LogP contribution >= 0.6 is 0 Å². The number of anilines is 3. The lowest BCUT2D eigenvalue weighted by molar-refractivity contribution is 0.0951. The number of ether oxygens (including phenoxy) is 1. The summed E-state index contributed by atoms with van der Waals surface area (Å²) in [7, 11) is 0. The second kappa shape index (κ2) is 12.9. The van der Waals surface area contributed by atoms with Crippen molar-refractivity contribution < 1.29 is 14.1 Å². The number of fused-ring (bicyclic) bond motifs is 1. The van der Waals surface area contributed by atoms with Crippen molar-refractivity contribution in [2.24, 2.45) is 0 Å². The molecule has 1 fully saturated rings. The molecule has 1 saturated carbocycles. The Kier molecular flexibility index (Phi) is 8.48. The zero-order valence-corrected chi connectivity index (χ0v) is 24.4. The quantitative estimate of drug-likeness (QED) is 0.132. The van der Waals surface area contributed by atoms with E-state index in [1.165, 1.54) is 19.3 Å². The maximum atomic E-state index is 12.9. The van der Waals surface area contributed by atoms with Crippen LogP contribution in [-0.4, -0.2) is 50.2 Å². The van der Waals surface area contributed by atoms with Gasteiger partial charge in [0.05, 0.1) is 18.6 Å². The number of aromatic nitrogens is 5. The summed E-state index contributed by atoms with van der Waals surface area (Å²) in [6.45, 7) is 4.69. The zero-order chi connectivity index (χ0) is 29.6. The average Bonchev–Trinajstić information content (AvgIpc) is 3.66. The van der Waals surface area contributed by atoms with Gasteiger partial charge in [-0.1, -0.05) is 54.8 Å². The number of amides is 1. The van der Waals surface area contributed by atoms with Crippen LogP contribution in [0.25, 0.3) is 22.5 Å². The number of rotatable bonds is 11. The summed E-state index contributed by atoms with van der Waals surface area (Å²) in [5, 5.41) is 13.9. The third-order valence-corrected chi connectivity index (χ3v) is 7.68. The summed E-state index contributed by atoms with van der Waals surface area (Å²) in [5.74, 6) is 2.28. The van der Waals surface area contributed by atoms with Gasteiger partial charge in [0.15, 0.2) is 17.2 Å². The Balaban J connectivity index is 1.02. The fourth-order valence-corrected chi connectivity index (χ4v) is 5.40. The molecule has 1 aliphatic rings. The van der Waals surface area contributed by atoms with Crippen LogP contribution in [0, 0.1) is 13.8 Å². The largest absolute Gasteiger partial charge is 0.494 e. The lowest BCUT2D eigenvalue weighted by atomic mass is 9.95. The first-order valence-electron chi connectivity index (χ1n) is 14.8. The number of imidazole rings is 1. The molecule has 6 rings (SSSR count). The summed E-state index contributed by atoms with van der Waals surface area (Å²) in [6, 6.07) is 15.8. The van der Waals surface area contributed by atoms with Crippen molar-refractivity contribution in [3.8, 4) is 17.1 Å². The van der Waals surface area contributed by atoms with E-state index in [2.05, 4.69) is 36.1 Å². The van der Waals surface area contributed by atoms with Crippen LogP contribution in [0.2, 0.25) is 0 Å². The molecular weight excluding hydrogens is 544 g/mol. The number of hydrogen-bond donors (Lipinski definition) is 4. The molecule has 3 heterocycles. The van der Waals surface area contributed by atoms with Gasteiger partial charge in [0.25, 0.3) is 5.91 Å². The highest BCUT2D eigenvalue weighted by atomic mass is 16.5. The Hall–Kier alpha value is -4.93. The maximum Gasteiger partial charge on any atom is 0.257 e. The first-order valence-corrected chi connectivity index (χ1v) is 14.8. The minimum absolute atomic E-state index is 0.212. The van der Waals surface area contributed by atoms with Gasteiger partial charge < -0.3 is 30.2 Å². The smallest absolute Gasteiger partial charge is 0.257 e. The molecule has 0 atom stereocenters. The molecule has 0 radical (unpaired) electrons. The van der Waals surface area contributed by atoms with Gasteiger partial charge in [-0.2, -0.15) is 9.97 Å². The minimum Gasteiger partial charge on any atom is -0.494 e. The van der Waals surface area contributed by atoms with Gasteiger partial charge >= 0.3 is 0 Å². The summed E-state index contributed by atoms with van der Waals surface area (Å²) in [4.78, 5) is 29.8. The monoisotopic (exact) mass is 580 g/mol. The van der Waals surface area contributed by atoms with Crippen molar-refractivity contribution >= 4 is 34.5 Å². The van der Waals surface area contributed by atoms with Crippen molar-refractivity contribution in [1.29, 1.82) is 0 Å². The third-order valence-electron chi connectivity index (χ3n) is 7.68. The summed E-state index contributed by atoms with van der Waals surface area (Å²) < 4.78 is 11.4. The Morgan fingerprint density at radius 3 is 2.72 bits per heavy atom. The first kappa shape index (κ1) is 28.2. The Morgan fingerprint density at radius 1 is 1.07 bits per heavy atom. The number of H-pyrrole nitrogens is 1. The average molecular weight is 581 g/mol. The maximum absolute atomic E-state index is 12.9. The van der Waals surface area contributed by atoms with Crippen LogP contribution in [0.15, 0.2) is 59.4 Å². The molecule has 1 aliphatic carbocycles. The third kappa shape index (κ3) is 6.61. The molecule has 5 aromatic rings. The number of nitrogens with one attached hydrogen (secondary N) is 4. The van der Waals surface area contributed by atoms with Crippen molar-refractivity contribution in [2.45, 2.75) is 58.4 Å². The molecule has 11 heteroatoms. The second-order valence-corrected chi connectivity index (χ2v) is 10.9. The fourth-order valence-electron chi connectivity index (χ4n) is 5.40. The van der Waals surface area contributed by atoms with Gasteiger partial charge in [-0.05, 0) is 56.9 Å². The summed E-state index contributed by atoms with van der Waals surface area (Å²) in [5.41, 5.74) is 5.15. The number of nitrogens with zero attached hydrogens (tertiary/aromatic N) is 4. The number of aryl methyl sites for hydroxylation is 2. The molecule has 0 spiro atoms. The molecule has 0 saturated heterocycles. The number of carbonyl (C=O) groups is 1. The molecule has 11 nitrogen and oxygen atoms in total. The van der Waals surface area contributed by atoms with E-state index in [0.29, 0.717) is 54.2 Å². The molecule has 43 heavy (non-hydrogen) atoms. The van der Waals surface area contributed by atoms with E-state index < -0.39 is 0 Å². The highest BCUT2D eigenvalue weighted by Gasteiger charge is 2.21. The Labute approximate surface area is 249 Å². The van der Waals surface area contributed by atoms with E-state index in [9.17, 15) is 4.79 Å². The van der Waals surface area contributed by atoms with E-state index in [0.717, 1.165) is 46.7 Å². The van der Waals surface area contributed by atoms with E-state index in [4.69, 9.17) is 14.2 Å². The zero-order valence-electron chi connectivity index (χ0n) is 24.4. The number of benzene rings is 2. The van der Waals surface area contributed by atoms with Crippen LogP contribution in [0.5, 0.6) is 5.75 Å². The fraction of sp³-hybridized carbons (Fsp3) is 0.344. The van der Waals surface area contributed by atoms with Crippen molar-refractivity contribution in [3.05, 3.63) is 71.7 Å². The predicted octanol–water partition coefficient (Wildman–Crippen LogP) is 6.31. The van der Waals surface area contributed by atoms with Gasteiger partial charge in [0, 0.05) is 23.8 Å². The molecule has 0 bridgehead atoms. The number of hydrogen-bond acceptors (Lipinski definition) is 9. The topological polar surface area (TPSA) is 143 Å². The van der Waals surface area contributed by atoms with Crippen molar-refractivity contribution in [3.63, 3.8) is 0 Å². The predicted molar refractivity (Wildman–Crippen MR) is 166 cm³/mol. The molecule has 2 aromatic carbocycles. The highest BCUT2D eigenvalue weighted by molar-refractivity contribution is 6.00. The van der Waals surface area contributed by atoms with E-state index in [1.807, 2.05) is 55.5 Å². The van der Waals surface area contributed by atoms with Crippen LogP contribution in [0.3, 0.4) is 0 Å². The van der Waals surface area contributed by atoms with Crippen molar-refractivity contribution in [1.82, 2.24) is 30.4 Å². The number of aromatic amines is 1. The SMILES string of the molecule is Cc1cc(OCCCNC(=O)c2c(C)noc2-c2ccccc2)ccc1Nc1nc(NC2CCCCC2)c2[nH]cnc2n1. The van der Waals surface area contributed by atoms with E-state index in [-0.39, 0.29) is 5.91 Å². The minimum atomic E-state index is -0.212. The van der Waals surface area contributed by atoms with Gasteiger partial charge in [-0.15, -0.1) is 0 Å². The van der Waals surface area contributed by atoms with Crippen LogP contribution in [0.1, 0.15) is 60.1 Å².